The highest BCUT2D eigenvalue weighted by Gasteiger charge is 2.33. The minimum absolute atomic E-state index is 0.244. The average molecular weight is 253 g/mol. The zero-order chi connectivity index (χ0) is 12.8. The Labute approximate surface area is 109 Å². The molecule has 0 aromatic carbocycles. The molecule has 2 fully saturated rings. The van der Waals surface area contributed by atoms with Crippen molar-refractivity contribution >= 4 is 5.97 Å². The lowest BCUT2D eigenvalue weighted by atomic mass is 9.90. The maximum atomic E-state index is 11.2. The minimum atomic E-state index is -0.244. The maximum Gasteiger partial charge on any atom is 0.330 e. The lowest BCUT2D eigenvalue weighted by Crippen LogP contribution is -2.52. The fourth-order valence-corrected chi connectivity index (χ4v) is 2.88. The summed E-state index contributed by atoms with van der Waals surface area (Å²) in [7, 11) is 0. The van der Waals surface area contributed by atoms with Gasteiger partial charge < -0.3 is 9.47 Å². The molecule has 0 spiro atoms. The van der Waals surface area contributed by atoms with Gasteiger partial charge in [-0.05, 0) is 19.8 Å². The Morgan fingerprint density at radius 3 is 3.11 bits per heavy atom. The van der Waals surface area contributed by atoms with Crippen molar-refractivity contribution in [1.82, 2.24) is 4.90 Å². The van der Waals surface area contributed by atoms with E-state index >= 15 is 0 Å². The van der Waals surface area contributed by atoms with E-state index in [0.717, 1.165) is 19.7 Å². The molecule has 0 aromatic heterocycles. The molecule has 1 saturated carbocycles. The first-order chi connectivity index (χ1) is 8.81. The highest BCUT2D eigenvalue weighted by atomic mass is 16.5. The number of hydrogen-bond acceptors (Lipinski definition) is 4. The SMILES string of the molecule is CCOC(=O)/C=C/CN1CCOC2CCCCC21. The van der Waals surface area contributed by atoms with Crippen LogP contribution < -0.4 is 0 Å². The molecule has 1 aliphatic carbocycles. The number of nitrogens with zero attached hydrogens (tertiary/aromatic N) is 1. The molecule has 2 atom stereocenters. The minimum Gasteiger partial charge on any atom is -0.463 e. The Balaban J connectivity index is 1.82. The molecule has 0 amide bonds. The van der Waals surface area contributed by atoms with Gasteiger partial charge >= 0.3 is 5.97 Å². The molecule has 1 heterocycles. The van der Waals surface area contributed by atoms with Crippen LogP contribution in [0.15, 0.2) is 12.2 Å². The fraction of sp³-hybridized carbons (Fsp3) is 0.786. The van der Waals surface area contributed by atoms with Crippen LogP contribution in [0.2, 0.25) is 0 Å². The molecule has 2 unspecified atom stereocenters. The molecule has 4 heteroatoms. The third-order valence-corrected chi connectivity index (χ3v) is 3.73. The van der Waals surface area contributed by atoms with Gasteiger partial charge in [-0.2, -0.15) is 0 Å². The third kappa shape index (κ3) is 3.56. The van der Waals surface area contributed by atoms with E-state index in [-0.39, 0.29) is 5.97 Å². The Bertz CT molecular complexity index is 301. The number of rotatable bonds is 4. The summed E-state index contributed by atoms with van der Waals surface area (Å²) < 4.78 is 10.7. The molecule has 0 radical (unpaired) electrons. The van der Waals surface area contributed by atoms with Gasteiger partial charge in [0, 0.05) is 25.2 Å². The van der Waals surface area contributed by atoms with Gasteiger partial charge in [0.05, 0.1) is 19.3 Å². The summed E-state index contributed by atoms with van der Waals surface area (Å²) in [4.78, 5) is 13.6. The van der Waals surface area contributed by atoms with E-state index in [1.807, 2.05) is 13.0 Å². The molecule has 1 aliphatic heterocycles. The molecule has 0 aromatic rings. The molecule has 2 rings (SSSR count). The van der Waals surface area contributed by atoms with Gasteiger partial charge in [0.2, 0.25) is 0 Å². The second-order valence-corrected chi connectivity index (χ2v) is 4.91. The van der Waals surface area contributed by atoms with Crippen LogP contribution in [0, 0.1) is 0 Å². The van der Waals surface area contributed by atoms with E-state index < -0.39 is 0 Å². The van der Waals surface area contributed by atoms with Crippen molar-refractivity contribution in [3.63, 3.8) is 0 Å². The Kier molecular flexibility index (Phi) is 5.20. The van der Waals surface area contributed by atoms with E-state index in [1.165, 1.54) is 31.8 Å². The molecule has 0 N–H and O–H groups in total. The number of fused-ring (bicyclic) bond motifs is 1. The third-order valence-electron chi connectivity index (χ3n) is 3.73. The highest BCUT2D eigenvalue weighted by Crippen LogP contribution is 2.28. The molecule has 2 aliphatic rings. The number of hydrogen-bond donors (Lipinski definition) is 0. The van der Waals surface area contributed by atoms with Crippen molar-refractivity contribution in [3.8, 4) is 0 Å². The highest BCUT2D eigenvalue weighted by molar-refractivity contribution is 5.81. The smallest absolute Gasteiger partial charge is 0.330 e. The van der Waals surface area contributed by atoms with Crippen LogP contribution in [0.4, 0.5) is 0 Å². The van der Waals surface area contributed by atoms with Gasteiger partial charge in [-0.15, -0.1) is 0 Å². The van der Waals surface area contributed by atoms with E-state index in [9.17, 15) is 4.79 Å². The first-order valence-electron chi connectivity index (χ1n) is 7.00. The van der Waals surface area contributed by atoms with Crippen molar-refractivity contribution in [2.24, 2.45) is 0 Å². The van der Waals surface area contributed by atoms with Crippen LogP contribution in [0.5, 0.6) is 0 Å². The maximum absolute atomic E-state index is 11.2. The van der Waals surface area contributed by atoms with Gasteiger partial charge in [-0.3, -0.25) is 4.90 Å². The normalized spacial score (nSPS) is 29.2. The zero-order valence-corrected chi connectivity index (χ0v) is 11.1. The average Bonchev–Trinajstić information content (AvgIpc) is 2.39. The summed E-state index contributed by atoms with van der Waals surface area (Å²) in [6.07, 6.45) is 8.84. The predicted octanol–water partition coefficient (Wildman–Crippen LogP) is 1.75. The number of carbonyl (C=O) groups excluding carboxylic acids is 1. The zero-order valence-electron chi connectivity index (χ0n) is 11.1. The van der Waals surface area contributed by atoms with Crippen LogP contribution in [0.1, 0.15) is 32.6 Å². The van der Waals surface area contributed by atoms with Crippen LogP contribution in [0.3, 0.4) is 0 Å². The first-order valence-corrected chi connectivity index (χ1v) is 7.00. The largest absolute Gasteiger partial charge is 0.463 e. The van der Waals surface area contributed by atoms with Gasteiger partial charge in [0.25, 0.3) is 0 Å². The second kappa shape index (κ2) is 6.90. The number of carbonyl (C=O) groups is 1. The lowest BCUT2D eigenvalue weighted by molar-refractivity contribution is -0.137. The quantitative estimate of drug-likeness (QED) is 0.565. The van der Waals surface area contributed by atoms with Crippen molar-refractivity contribution < 1.29 is 14.3 Å². The molecule has 4 nitrogen and oxygen atoms in total. The Morgan fingerprint density at radius 1 is 1.44 bits per heavy atom. The standard InChI is InChI=1S/C14H23NO3/c1-2-17-14(16)8-5-9-15-10-11-18-13-7-4-3-6-12(13)15/h5,8,12-13H,2-4,6-7,9-11H2,1H3/b8-5+. The topological polar surface area (TPSA) is 38.8 Å². The number of morpholine rings is 1. The first kappa shape index (κ1) is 13.6. The van der Waals surface area contributed by atoms with Gasteiger partial charge in [-0.1, -0.05) is 18.9 Å². The number of esters is 1. The summed E-state index contributed by atoms with van der Waals surface area (Å²) in [5.74, 6) is -0.244. The van der Waals surface area contributed by atoms with Crippen LogP contribution in [0.25, 0.3) is 0 Å². The summed E-state index contributed by atoms with van der Waals surface area (Å²) in [6, 6.07) is 0.541. The molecule has 1 saturated heterocycles. The lowest BCUT2D eigenvalue weighted by Gasteiger charge is -2.43. The van der Waals surface area contributed by atoms with E-state index in [1.54, 1.807) is 0 Å². The van der Waals surface area contributed by atoms with Crippen molar-refractivity contribution in [1.29, 1.82) is 0 Å². The second-order valence-electron chi connectivity index (χ2n) is 4.91. The predicted molar refractivity (Wildman–Crippen MR) is 69.3 cm³/mol. The van der Waals surface area contributed by atoms with Gasteiger partial charge in [-0.25, -0.2) is 4.79 Å². The van der Waals surface area contributed by atoms with Crippen LogP contribution in [-0.2, 0) is 14.3 Å². The Hall–Kier alpha value is -0.870. The van der Waals surface area contributed by atoms with Gasteiger partial charge in [0.15, 0.2) is 0 Å². The molecule has 102 valence electrons. The fourth-order valence-electron chi connectivity index (χ4n) is 2.88. The van der Waals surface area contributed by atoms with E-state index in [4.69, 9.17) is 9.47 Å². The van der Waals surface area contributed by atoms with Crippen molar-refractivity contribution in [2.45, 2.75) is 44.8 Å². The van der Waals surface area contributed by atoms with Gasteiger partial charge in [0.1, 0.15) is 0 Å². The van der Waals surface area contributed by atoms with E-state index in [0.29, 0.717) is 18.8 Å². The molecular weight excluding hydrogens is 230 g/mol. The number of ether oxygens (including phenoxy) is 2. The van der Waals surface area contributed by atoms with Crippen LogP contribution >= 0.6 is 0 Å². The van der Waals surface area contributed by atoms with Crippen molar-refractivity contribution in [3.05, 3.63) is 12.2 Å². The molecule has 18 heavy (non-hydrogen) atoms. The summed E-state index contributed by atoms with van der Waals surface area (Å²) >= 11 is 0. The molecule has 0 bridgehead atoms. The van der Waals surface area contributed by atoms with E-state index in [2.05, 4.69) is 4.90 Å². The summed E-state index contributed by atoms with van der Waals surface area (Å²) in [5.41, 5.74) is 0. The monoisotopic (exact) mass is 253 g/mol. The molecular formula is C14H23NO3. The van der Waals surface area contributed by atoms with Crippen molar-refractivity contribution in [2.75, 3.05) is 26.3 Å². The van der Waals surface area contributed by atoms with Crippen LogP contribution in [-0.4, -0.2) is 49.3 Å². The summed E-state index contributed by atoms with van der Waals surface area (Å²) in [5, 5.41) is 0. The Morgan fingerprint density at radius 2 is 2.28 bits per heavy atom. The summed E-state index contributed by atoms with van der Waals surface area (Å²) in [6.45, 7) is 4.86.